The molecular weight excluding hydrogens is 316 g/mol. The highest BCUT2D eigenvalue weighted by Gasteiger charge is 2.37. The second-order valence-corrected chi connectivity index (χ2v) is 6.38. The third-order valence-electron chi connectivity index (χ3n) is 4.73. The molecule has 0 aliphatic heterocycles. The Kier molecular flexibility index (Phi) is 5.34. The molecule has 25 heavy (non-hydrogen) atoms. The van der Waals surface area contributed by atoms with Gasteiger partial charge in [0.05, 0.1) is 23.8 Å². The molecule has 0 heterocycles. The van der Waals surface area contributed by atoms with Crippen LogP contribution >= 0.6 is 0 Å². The standard InChI is InChI=1S/C20H22N2O3/c21-11-15-5-7-18(8-6-15)25-13-17(24)12-22-20(14-23)10-9-16-3-1-2-4-19(16)20/h1-8,17,22-24H,9-10,12-14H2. The van der Waals surface area contributed by atoms with Gasteiger partial charge in [-0.25, -0.2) is 0 Å². The average molecular weight is 338 g/mol. The molecule has 5 heteroatoms. The molecule has 0 amide bonds. The summed E-state index contributed by atoms with van der Waals surface area (Å²) in [5, 5.41) is 32.3. The van der Waals surface area contributed by atoms with Gasteiger partial charge in [-0.15, -0.1) is 0 Å². The quantitative estimate of drug-likeness (QED) is 0.716. The second kappa shape index (κ2) is 7.66. The summed E-state index contributed by atoms with van der Waals surface area (Å²) in [6.45, 7) is 0.459. The van der Waals surface area contributed by atoms with Gasteiger partial charge in [-0.3, -0.25) is 0 Å². The van der Waals surface area contributed by atoms with Crippen molar-refractivity contribution in [2.45, 2.75) is 24.5 Å². The number of aryl methyl sites for hydroxylation is 1. The Morgan fingerprint density at radius 1 is 1.20 bits per heavy atom. The summed E-state index contributed by atoms with van der Waals surface area (Å²) in [7, 11) is 0. The number of rotatable bonds is 7. The lowest BCUT2D eigenvalue weighted by Gasteiger charge is -2.31. The molecule has 1 aliphatic rings. The molecule has 0 radical (unpaired) electrons. The summed E-state index contributed by atoms with van der Waals surface area (Å²) in [5.41, 5.74) is 2.43. The van der Waals surface area contributed by atoms with Crippen molar-refractivity contribution >= 4 is 0 Å². The Hall–Kier alpha value is -2.39. The molecule has 5 nitrogen and oxygen atoms in total. The van der Waals surface area contributed by atoms with Gasteiger partial charge in [0.1, 0.15) is 18.5 Å². The van der Waals surface area contributed by atoms with E-state index in [1.807, 2.05) is 18.2 Å². The smallest absolute Gasteiger partial charge is 0.119 e. The zero-order chi connectivity index (χ0) is 17.7. The van der Waals surface area contributed by atoms with Gasteiger partial charge in [-0.2, -0.15) is 5.26 Å². The highest BCUT2D eigenvalue weighted by molar-refractivity contribution is 5.39. The molecule has 0 spiro atoms. The van der Waals surface area contributed by atoms with Gasteiger partial charge in [0.2, 0.25) is 0 Å². The van der Waals surface area contributed by atoms with Crippen LogP contribution in [-0.2, 0) is 12.0 Å². The van der Waals surface area contributed by atoms with Crippen molar-refractivity contribution in [3.8, 4) is 11.8 Å². The lowest BCUT2D eigenvalue weighted by molar-refractivity contribution is 0.0833. The van der Waals surface area contributed by atoms with E-state index < -0.39 is 11.6 Å². The molecule has 0 saturated heterocycles. The number of nitrogens with zero attached hydrogens (tertiary/aromatic N) is 1. The molecule has 0 fully saturated rings. The van der Waals surface area contributed by atoms with E-state index in [9.17, 15) is 10.2 Å². The van der Waals surface area contributed by atoms with Crippen molar-refractivity contribution < 1.29 is 14.9 Å². The van der Waals surface area contributed by atoms with Crippen LogP contribution in [0.5, 0.6) is 5.75 Å². The molecule has 3 rings (SSSR count). The number of ether oxygens (including phenoxy) is 1. The summed E-state index contributed by atoms with van der Waals surface area (Å²) < 4.78 is 5.56. The third-order valence-corrected chi connectivity index (χ3v) is 4.73. The Morgan fingerprint density at radius 2 is 1.96 bits per heavy atom. The first-order chi connectivity index (χ1) is 12.2. The van der Waals surface area contributed by atoms with Crippen LogP contribution in [0.2, 0.25) is 0 Å². The molecular formula is C20H22N2O3. The first-order valence-electron chi connectivity index (χ1n) is 8.42. The normalized spacial score (nSPS) is 19.9. The molecule has 3 N–H and O–H groups in total. The van der Waals surface area contributed by atoms with E-state index in [0.717, 1.165) is 18.4 Å². The minimum absolute atomic E-state index is 0.00673. The number of hydrogen-bond acceptors (Lipinski definition) is 5. The predicted molar refractivity (Wildman–Crippen MR) is 94.2 cm³/mol. The van der Waals surface area contributed by atoms with Crippen molar-refractivity contribution in [1.82, 2.24) is 5.32 Å². The number of fused-ring (bicyclic) bond motifs is 1. The van der Waals surface area contributed by atoms with E-state index in [-0.39, 0.29) is 13.2 Å². The minimum atomic E-state index is -0.702. The molecule has 2 aromatic carbocycles. The number of nitriles is 1. The zero-order valence-electron chi connectivity index (χ0n) is 14.0. The van der Waals surface area contributed by atoms with Gasteiger partial charge < -0.3 is 20.3 Å². The van der Waals surface area contributed by atoms with Gasteiger partial charge in [-0.1, -0.05) is 24.3 Å². The molecule has 130 valence electrons. The summed E-state index contributed by atoms with van der Waals surface area (Å²) >= 11 is 0. The topological polar surface area (TPSA) is 85.5 Å². The number of nitrogens with one attached hydrogen (secondary N) is 1. The van der Waals surface area contributed by atoms with E-state index in [2.05, 4.69) is 17.5 Å². The lowest BCUT2D eigenvalue weighted by atomic mass is 9.92. The van der Waals surface area contributed by atoms with E-state index in [0.29, 0.717) is 17.9 Å². The Morgan fingerprint density at radius 3 is 2.68 bits per heavy atom. The van der Waals surface area contributed by atoms with Crippen molar-refractivity contribution in [3.05, 3.63) is 65.2 Å². The first kappa shape index (κ1) is 17.4. The van der Waals surface area contributed by atoms with Gasteiger partial charge in [-0.05, 0) is 48.2 Å². The van der Waals surface area contributed by atoms with Gasteiger partial charge in [0.25, 0.3) is 0 Å². The molecule has 1 aliphatic carbocycles. The Balaban J connectivity index is 1.54. The van der Waals surface area contributed by atoms with Crippen molar-refractivity contribution in [2.24, 2.45) is 0 Å². The van der Waals surface area contributed by atoms with Crippen LogP contribution in [-0.4, -0.2) is 36.1 Å². The van der Waals surface area contributed by atoms with Crippen LogP contribution < -0.4 is 10.1 Å². The fourth-order valence-corrected chi connectivity index (χ4v) is 3.28. The summed E-state index contributed by atoms with van der Waals surface area (Å²) in [5.74, 6) is 0.612. The molecule has 0 saturated carbocycles. The van der Waals surface area contributed by atoms with Crippen LogP contribution in [0.15, 0.2) is 48.5 Å². The van der Waals surface area contributed by atoms with Crippen molar-refractivity contribution in [1.29, 1.82) is 5.26 Å². The van der Waals surface area contributed by atoms with E-state index in [1.165, 1.54) is 5.56 Å². The van der Waals surface area contributed by atoms with Crippen molar-refractivity contribution in [3.63, 3.8) is 0 Å². The third kappa shape index (κ3) is 3.83. The number of hydrogen-bond donors (Lipinski definition) is 3. The van der Waals surface area contributed by atoms with Crippen LogP contribution in [0.1, 0.15) is 23.1 Å². The van der Waals surface area contributed by atoms with Crippen LogP contribution in [0.3, 0.4) is 0 Å². The maximum absolute atomic E-state index is 10.2. The Bertz CT molecular complexity index is 754. The molecule has 2 unspecified atom stereocenters. The SMILES string of the molecule is N#Cc1ccc(OCC(O)CNC2(CO)CCc3ccccc32)cc1. The predicted octanol–water partition coefficient (Wildman–Crippen LogP) is 1.72. The lowest BCUT2D eigenvalue weighted by Crippen LogP contribution is -2.48. The molecule has 0 aromatic heterocycles. The number of aliphatic hydroxyl groups excluding tert-OH is 2. The molecule has 2 aromatic rings. The largest absolute Gasteiger partial charge is 0.491 e. The molecule has 0 bridgehead atoms. The second-order valence-electron chi connectivity index (χ2n) is 6.38. The van der Waals surface area contributed by atoms with Gasteiger partial charge in [0, 0.05) is 6.54 Å². The first-order valence-corrected chi connectivity index (χ1v) is 8.42. The monoisotopic (exact) mass is 338 g/mol. The molecule has 2 atom stereocenters. The highest BCUT2D eigenvalue weighted by Crippen LogP contribution is 2.36. The maximum Gasteiger partial charge on any atom is 0.119 e. The number of aliphatic hydroxyl groups is 2. The fraction of sp³-hybridized carbons (Fsp3) is 0.350. The number of benzene rings is 2. The van der Waals surface area contributed by atoms with Gasteiger partial charge >= 0.3 is 0 Å². The van der Waals surface area contributed by atoms with Crippen LogP contribution in [0.25, 0.3) is 0 Å². The average Bonchev–Trinajstić information content (AvgIpc) is 3.04. The van der Waals surface area contributed by atoms with E-state index >= 15 is 0 Å². The highest BCUT2D eigenvalue weighted by atomic mass is 16.5. The summed E-state index contributed by atoms with van der Waals surface area (Å²) in [4.78, 5) is 0. The van der Waals surface area contributed by atoms with Crippen LogP contribution in [0.4, 0.5) is 0 Å². The van der Waals surface area contributed by atoms with E-state index in [4.69, 9.17) is 10.00 Å². The maximum atomic E-state index is 10.2. The summed E-state index contributed by atoms with van der Waals surface area (Å²) in [6, 6.07) is 16.9. The van der Waals surface area contributed by atoms with E-state index in [1.54, 1.807) is 24.3 Å². The summed E-state index contributed by atoms with van der Waals surface area (Å²) in [6.07, 6.45) is 1.03. The van der Waals surface area contributed by atoms with Gasteiger partial charge in [0.15, 0.2) is 0 Å². The van der Waals surface area contributed by atoms with Crippen molar-refractivity contribution in [2.75, 3.05) is 19.8 Å². The fourth-order valence-electron chi connectivity index (χ4n) is 3.28. The zero-order valence-corrected chi connectivity index (χ0v) is 14.0. The Labute approximate surface area is 147 Å². The van der Waals surface area contributed by atoms with Crippen LogP contribution in [0, 0.1) is 11.3 Å². The minimum Gasteiger partial charge on any atom is -0.491 e.